The summed E-state index contributed by atoms with van der Waals surface area (Å²) in [5.74, 6) is 0.434. The molecule has 0 saturated heterocycles. The fourth-order valence-corrected chi connectivity index (χ4v) is 2.36. The molecule has 1 aliphatic heterocycles. The molecule has 2 aromatic rings. The number of carbonyl (C=O) groups is 1. The quantitative estimate of drug-likeness (QED) is 0.928. The van der Waals surface area contributed by atoms with E-state index < -0.39 is 0 Å². The van der Waals surface area contributed by atoms with Gasteiger partial charge in [-0.15, -0.1) is 0 Å². The Balaban J connectivity index is 1.70. The molecule has 1 N–H and O–H groups in total. The standard InChI is InChI=1S/C16H13N3O2/c17-9-12-5-2-1-4-11(12)8-15(20)19-14-10-21-16-13(14)6-3-7-18-16/h1-7,14H,8,10H2,(H,19,20). The molecule has 5 heteroatoms. The highest BCUT2D eigenvalue weighted by Crippen LogP contribution is 2.29. The van der Waals surface area contributed by atoms with Crippen molar-refractivity contribution in [2.24, 2.45) is 0 Å². The second-order valence-electron chi connectivity index (χ2n) is 4.77. The number of nitrogens with one attached hydrogen (secondary N) is 1. The average molecular weight is 279 g/mol. The van der Waals surface area contributed by atoms with Gasteiger partial charge in [-0.05, 0) is 23.8 Å². The molecule has 21 heavy (non-hydrogen) atoms. The molecule has 0 bridgehead atoms. The maximum Gasteiger partial charge on any atom is 0.225 e. The molecule has 5 nitrogen and oxygen atoms in total. The van der Waals surface area contributed by atoms with E-state index in [1.165, 1.54) is 0 Å². The van der Waals surface area contributed by atoms with Crippen LogP contribution in [-0.2, 0) is 11.2 Å². The zero-order valence-electron chi connectivity index (χ0n) is 11.2. The number of ether oxygens (including phenoxy) is 1. The molecule has 0 aliphatic carbocycles. The number of rotatable bonds is 3. The van der Waals surface area contributed by atoms with E-state index in [9.17, 15) is 4.79 Å². The third-order valence-corrected chi connectivity index (χ3v) is 3.39. The van der Waals surface area contributed by atoms with Gasteiger partial charge in [0.2, 0.25) is 11.8 Å². The van der Waals surface area contributed by atoms with Crippen LogP contribution in [0.2, 0.25) is 0 Å². The van der Waals surface area contributed by atoms with E-state index in [0.29, 0.717) is 18.1 Å². The molecule has 0 radical (unpaired) electrons. The monoisotopic (exact) mass is 279 g/mol. The molecule has 3 rings (SSSR count). The van der Waals surface area contributed by atoms with Crippen LogP contribution in [0.5, 0.6) is 5.88 Å². The van der Waals surface area contributed by atoms with Crippen LogP contribution in [-0.4, -0.2) is 17.5 Å². The van der Waals surface area contributed by atoms with E-state index in [2.05, 4.69) is 16.4 Å². The van der Waals surface area contributed by atoms with Gasteiger partial charge in [-0.3, -0.25) is 4.79 Å². The summed E-state index contributed by atoms with van der Waals surface area (Å²) in [6.45, 7) is 0.387. The average Bonchev–Trinajstić information content (AvgIpc) is 2.91. The summed E-state index contributed by atoms with van der Waals surface area (Å²) < 4.78 is 5.43. The highest BCUT2D eigenvalue weighted by molar-refractivity contribution is 5.80. The van der Waals surface area contributed by atoms with Gasteiger partial charge in [0.25, 0.3) is 0 Å². The van der Waals surface area contributed by atoms with Gasteiger partial charge >= 0.3 is 0 Å². The number of hydrogen-bond acceptors (Lipinski definition) is 4. The lowest BCUT2D eigenvalue weighted by Crippen LogP contribution is -2.30. The Bertz CT molecular complexity index is 721. The smallest absolute Gasteiger partial charge is 0.225 e. The Morgan fingerprint density at radius 3 is 3.10 bits per heavy atom. The molecule has 1 aliphatic rings. The van der Waals surface area contributed by atoms with Gasteiger partial charge in [-0.2, -0.15) is 5.26 Å². The molecule has 1 aromatic heterocycles. The number of benzene rings is 1. The van der Waals surface area contributed by atoms with Gasteiger partial charge in [-0.25, -0.2) is 4.98 Å². The summed E-state index contributed by atoms with van der Waals surface area (Å²) in [5, 5.41) is 12.0. The summed E-state index contributed by atoms with van der Waals surface area (Å²) in [6, 6.07) is 12.7. The van der Waals surface area contributed by atoms with E-state index in [1.807, 2.05) is 18.2 Å². The maximum absolute atomic E-state index is 12.1. The summed E-state index contributed by atoms with van der Waals surface area (Å²) in [4.78, 5) is 16.3. The molecular weight excluding hydrogens is 266 g/mol. The molecular formula is C16H13N3O2. The van der Waals surface area contributed by atoms with E-state index in [-0.39, 0.29) is 18.4 Å². The van der Waals surface area contributed by atoms with Gasteiger partial charge in [-0.1, -0.05) is 18.2 Å². The molecule has 1 unspecified atom stereocenters. The van der Waals surface area contributed by atoms with Crippen LogP contribution in [0.3, 0.4) is 0 Å². The summed E-state index contributed by atoms with van der Waals surface area (Å²) >= 11 is 0. The highest BCUT2D eigenvalue weighted by Gasteiger charge is 2.26. The first-order valence-electron chi connectivity index (χ1n) is 6.63. The molecule has 1 amide bonds. The van der Waals surface area contributed by atoms with Crippen molar-refractivity contribution in [3.63, 3.8) is 0 Å². The fourth-order valence-electron chi connectivity index (χ4n) is 2.36. The number of amides is 1. The van der Waals surface area contributed by atoms with Crippen molar-refractivity contribution in [3.05, 3.63) is 59.3 Å². The maximum atomic E-state index is 12.1. The van der Waals surface area contributed by atoms with Crippen molar-refractivity contribution in [1.82, 2.24) is 10.3 Å². The largest absolute Gasteiger partial charge is 0.475 e. The van der Waals surface area contributed by atoms with E-state index in [0.717, 1.165) is 11.1 Å². The normalized spacial score (nSPS) is 15.7. The molecule has 104 valence electrons. The predicted octanol–water partition coefficient (Wildman–Crippen LogP) is 1.75. The number of hydrogen-bond donors (Lipinski definition) is 1. The number of nitriles is 1. The van der Waals surface area contributed by atoms with Crippen molar-refractivity contribution in [3.8, 4) is 11.9 Å². The molecule has 1 aromatic carbocycles. The van der Waals surface area contributed by atoms with Crippen LogP contribution >= 0.6 is 0 Å². The number of aromatic nitrogens is 1. The van der Waals surface area contributed by atoms with Crippen molar-refractivity contribution in [2.75, 3.05) is 6.61 Å². The molecule has 2 heterocycles. The Kier molecular flexibility index (Phi) is 3.52. The SMILES string of the molecule is N#Cc1ccccc1CC(=O)NC1COc2ncccc21. The molecule has 1 atom stereocenters. The summed E-state index contributed by atoms with van der Waals surface area (Å²) in [7, 11) is 0. The molecule has 0 saturated carbocycles. The number of nitrogens with zero attached hydrogens (tertiary/aromatic N) is 2. The second-order valence-corrected chi connectivity index (χ2v) is 4.77. The minimum absolute atomic E-state index is 0.136. The Morgan fingerprint density at radius 2 is 2.24 bits per heavy atom. The van der Waals surface area contributed by atoms with Crippen LogP contribution < -0.4 is 10.1 Å². The first-order valence-corrected chi connectivity index (χ1v) is 6.63. The second kappa shape index (κ2) is 5.63. The predicted molar refractivity (Wildman–Crippen MR) is 75.5 cm³/mol. The molecule has 0 spiro atoms. The molecule has 0 fully saturated rings. The van der Waals surface area contributed by atoms with Crippen LogP contribution in [0, 0.1) is 11.3 Å². The van der Waals surface area contributed by atoms with E-state index >= 15 is 0 Å². The summed E-state index contributed by atoms with van der Waals surface area (Å²) in [5.41, 5.74) is 2.14. The van der Waals surface area contributed by atoms with Gasteiger partial charge < -0.3 is 10.1 Å². The minimum atomic E-state index is -0.185. The Morgan fingerprint density at radius 1 is 1.38 bits per heavy atom. The van der Waals surface area contributed by atoms with Gasteiger partial charge in [0, 0.05) is 11.8 Å². The number of carbonyl (C=O) groups excluding carboxylic acids is 1. The third kappa shape index (κ3) is 2.70. The van der Waals surface area contributed by atoms with Gasteiger partial charge in [0.15, 0.2) is 0 Å². The van der Waals surface area contributed by atoms with Crippen molar-refractivity contribution in [2.45, 2.75) is 12.5 Å². The lowest BCUT2D eigenvalue weighted by Gasteiger charge is -2.11. The van der Waals surface area contributed by atoms with Crippen LogP contribution in [0.25, 0.3) is 0 Å². The Labute approximate surface area is 122 Å². The zero-order valence-corrected chi connectivity index (χ0v) is 11.2. The van der Waals surface area contributed by atoms with Gasteiger partial charge in [0.1, 0.15) is 6.61 Å². The summed E-state index contributed by atoms with van der Waals surface area (Å²) in [6.07, 6.45) is 1.84. The highest BCUT2D eigenvalue weighted by atomic mass is 16.5. The third-order valence-electron chi connectivity index (χ3n) is 3.39. The Hall–Kier alpha value is -2.87. The number of pyridine rings is 1. The van der Waals surface area contributed by atoms with E-state index in [4.69, 9.17) is 10.00 Å². The van der Waals surface area contributed by atoms with Crippen molar-refractivity contribution >= 4 is 5.91 Å². The topological polar surface area (TPSA) is 75.0 Å². The first-order chi connectivity index (χ1) is 10.3. The van der Waals surface area contributed by atoms with Crippen LogP contribution in [0.1, 0.15) is 22.7 Å². The van der Waals surface area contributed by atoms with E-state index in [1.54, 1.807) is 24.4 Å². The lowest BCUT2D eigenvalue weighted by molar-refractivity contribution is -0.121. The first kappa shape index (κ1) is 13.1. The van der Waals surface area contributed by atoms with Gasteiger partial charge in [0.05, 0.1) is 24.1 Å². The number of fused-ring (bicyclic) bond motifs is 1. The van der Waals surface area contributed by atoms with Crippen molar-refractivity contribution in [1.29, 1.82) is 5.26 Å². The lowest BCUT2D eigenvalue weighted by atomic mass is 10.0. The van der Waals surface area contributed by atoms with Crippen LogP contribution in [0.15, 0.2) is 42.6 Å². The minimum Gasteiger partial charge on any atom is -0.475 e. The zero-order chi connectivity index (χ0) is 14.7. The van der Waals surface area contributed by atoms with Crippen LogP contribution in [0.4, 0.5) is 0 Å². The van der Waals surface area contributed by atoms with Crippen molar-refractivity contribution < 1.29 is 9.53 Å². The fraction of sp³-hybridized carbons (Fsp3) is 0.188.